The fraction of sp³-hybridized carbons (Fsp3) is 0.474. The first-order chi connectivity index (χ1) is 11.5. The standard InChI is InChI=1S/C19H25N3O2/c1-4-22-13-14(11-21-22)9-18(23)20-12-15-10-19(2,3)24-17-8-6-5-7-16(15)17/h5-8,11,13,15H,4,9-10,12H2,1-3H3,(H,20,23). The van der Waals surface area contributed by atoms with Crippen LogP contribution in [0.25, 0.3) is 0 Å². The van der Waals surface area contributed by atoms with Crippen molar-refractivity contribution in [2.75, 3.05) is 6.54 Å². The number of fused-ring (bicyclic) bond motifs is 1. The van der Waals surface area contributed by atoms with Crippen LogP contribution in [-0.2, 0) is 17.8 Å². The van der Waals surface area contributed by atoms with Crippen molar-refractivity contribution in [2.45, 2.75) is 51.7 Å². The van der Waals surface area contributed by atoms with E-state index >= 15 is 0 Å². The molecule has 1 N–H and O–H groups in total. The Kier molecular flexibility index (Phi) is 4.60. The van der Waals surface area contributed by atoms with Gasteiger partial charge >= 0.3 is 0 Å². The van der Waals surface area contributed by atoms with Crippen LogP contribution >= 0.6 is 0 Å². The summed E-state index contributed by atoms with van der Waals surface area (Å²) in [7, 11) is 0. The van der Waals surface area contributed by atoms with Crippen LogP contribution < -0.4 is 10.1 Å². The van der Waals surface area contributed by atoms with Crippen molar-refractivity contribution in [1.82, 2.24) is 15.1 Å². The highest BCUT2D eigenvalue weighted by molar-refractivity contribution is 5.78. The topological polar surface area (TPSA) is 56.2 Å². The maximum Gasteiger partial charge on any atom is 0.224 e. The molecule has 3 rings (SSSR count). The Balaban J connectivity index is 1.62. The van der Waals surface area contributed by atoms with Crippen molar-refractivity contribution in [3.8, 4) is 5.75 Å². The lowest BCUT2D eigenvalue weighted by molar-refractivity contribution is -0.120. The van der Waals surface area contributed by atoms with Crippen LogP contribution in [0, 0.1) is 0 Å². The third-order valence-corrected chi connectivity index (χ3v) is 4.40. The second-order valence-corrected chi connectivity index (χ2v) is 6.99. The Morgan fingerprint density at radius 3 is 2.96 bits per heavy atom. The summed E-state index contributed by atoms with van der Waals surface area (Å²) in [6.07, 6.45) is 4.94. The molecule has 2 heterocycles. The van der Waals surface area contributed by atoms with Gasteiger partial charge in [-0.1, -0.05) is 18.2 Å². The first-order valence-corrected chi connectivity index (χ1v) is 8.53. The number of carbonyl (C=O) groups is 1. The summed E-state index contributed by atoms with van der Waals surface area (Å²) < 4.78 is 7.88. The van der Waals surface area contributed by atoms with Gasteiger partial charge in [0.05, 0.1) is 12.6 Å². The molecule has 5 heteroatoms. The Labute approximate surface area is 143 Å². The minimum Gasteiger partial charge on any atom is -0.488 e. The first kappa shape index (κ1) is 16.6. The van der Waals surface area contributed by atoms with Crippen molar-refractivity contribution in [1.29, 1.82) is 0 Å². The van der Waals surface area contributed by atoms with Gasteiger partial charge in [-0.25, -0.2) is 0 Å². The lowest BCUT2D eigenvalue weighted by Crippen LogP contribution is -2.39. The highest BCUT2D eigenvalue weighted by Crippen LogP contribution is 2.40. The fourth-order valence-corrected chi connectivity index (χ4v) is 3.29. The molecule has 0 aliphatic carbocycles. The molecule has 2 aromatic rings. The molecule has 1 amide bonds. The third kappa shape index (κ3) is 3.78. The SMILES string of the molecule is CCn1cc(CC(=O)NCC2CC(C)(C)Oc3ccccc32)cn1. The van der Waals surface area contributed by atoms with Crippen molar-refractivity contribution in [3.63, 3.8) is 0 Å². The number of nitrogens with one attached hydrogen (secondary N) is 1. The largest absolute Gasteiger partial charge is 0.488 e. The molecule has 1 atom stereocenters. The summed E-state index contributed by atoms with van der Waals surface area (Å²) in [6, 6.07) is 8.10. The summed E-state index contributed by atoms with van der Waals surface area (Å²) in [4.78, 5) is 12.2. The third-order valence-electron chi connectivity index (χ3n) is 4.40. The number of nitrogens with zero attached hydrogens (tertiary/aromatic N) is 2. The van der Waals surface area contributed by atoms with E-state index in [1.165, 1.54) is 5.56 Å². The predicted octanol–water partition coefficient (Wildman–Crippen LogP) is 2.91. The van der Waals surface area contributed by atoms with Crippen LogP contribution in [0.15, 0.2) is 36.7 Å². The summed E-state index contributed by atoms with van der Waals surface area (Å²) in [5, 5.41) is 7.28. The molecule has 0 bridgehead atoms. The van der Waals surface area contributed by atoms with Gasteiger partial charge in [0.2, 0.25) is 5.91 Å². The zero-order valence-corrected chi connectivity index (χ0v) is 14.6. The van der Waals surface area contributed by atoms with E-state index in [1.54, 1.807) is 6.20 Å². The molecule has 0 saturated heterocycles. The minimum absolute atomic E-state index is 0.0347. The molecule has 0 spiro atoms. The van der Waals surface area contributed by atoms with Crippen LogP contribution in [0.1, 0.15) is 44.2 Å². The molecular weight excluding hydrogens is 302 g/mol. The van der Waals surface area contributed by atoms with E-state index in [9.17, 15) is 4.79 Å². The second-order valence-electron chi connectivity index (χ2n) is 6.99. The van der Waals surface area contributed by atoms with E-state index < -0.39 is 0 Å². The molecule has 1 unspecified atom stereocenters. The van der Waals surface area contributed by atoms with Gasteiger partial charge in [-0.3, -0.25) is 9.48 Å². The second kappa shape index (κ2) is 6.67. The zero-order chi connectivity index (χ0) is 17.2. The van der Waals surface area contributed by atoms with Gasteiger partial charge in [0, 0.05) is 25.2 Å². The Morgan fingerprint density at radius 2 is 2.21 bits per heavy atom. The van der Waals surface area contributed by atoms with Gasteiger partial charge in [-0.05, 0) is 44.4 Å². The molecule has 0 fully saturated rings. The van der Waals surface area contributed by atoms with Gasteiger partial charge in [0.15, 0.2) is 0 Å². The summed E-state index contributed by atoms with van der Waals surface area (Å²) in [5.41, 5.74) is 1.91. The number of aromatic nitrogens is 2. The van der Waals surface area contributed by atoms with Crippen molar-refractivity contribution < 1.29 is 9.53 Å². The normalized spacial score (nSPS) is 18.5. The van der Waals surface area contributed by atoms with Crippen molar-refractivity contribution in [3.05, 3.63) is 47.8 Å². The average molecular weight is 327 g/mol. The number of carbonyl (C=O) groups excluding carboxylic acids is 1. The van der Waals surface area contributed by atoms with Gasteiger partial charge < -0.3 is 10.1 Å². The van der Waals surface area contributed by atoms with Gasteiger partial charge in [-0.2, -0.15) is 5.10 Å². The number of rotatable bonds is 5. The van der Waals surface area contributed by atoms with Gasteiger partial charge in [-0.15, -0.1) is 0 Å². The number of para-hydroxylation sites is 1. The molecule has 1 aromatic carbocycles. The van der Waals surface area contributed by atoms with Crippen LogP contribution in [0.2, 0.25) is 0 Å². The average Bonchev–Trinajstić information content (AvgIpc) is 2.99. The van der Waals surface area contributed by atoms with E-state index in [0.29, 0.717) is 13.0 Å². The minimum atomic E-state index is -0.216. The lowest BCUT2D eigenvalue weighted by Gasteiger charge is -2.37. The van der Waals surface area contributed by atoms with Crippen molar-refractivity contribution in [2.24, 2.45) is 0 Å². The highest BCUT2D eigenvalue weighted by Gasteiger charge is 2.33. The highest BCUT2D eigenvalue weighted by atomic mass is 16.5. The quantitative estimate of drug-likeness (QED) is 0.919. The molecule has 128 valence electrons. The van der Waals surface area contributed by atoms with E-state index in [0.717, 1.165) is 24.3 Å². The molecule has 0 saturated carbocycles. The Bertz CT molecular complexity index is 721. The molecule has 1 aromatic heterocycles. The van der Waals surface area contributed by atoms with Crippen LogP contribution in [-0.4, -0.2) is 27.8 Å². The molecule has 1 aliphatic heterocycles. The lowest BCUT2D eigenvalue weighted by atomic mass is 9.84. The monoisotopic (exact) mass is 327 g/mol. The van der Waals surface area contributed by atoms with Gasteiger partial charge in [0.1, 0.15) is 11.4 Å². The first-order valence-electron chi connectivity index (χ1n) is 8.53. The summed E-state index contributed by atoms with van der Waals surface area (Å²) in [5.74, 6) is 1.23. The van der Waals surface area contributed by atoms with E-state index in [2.05, 4.69) is 30.3 Å². The van der Waals surface area contributed by atoms with Gasteiger partial charge in [0.25, 0.3) is 0 Å². The maximum atomic E-state index is 12.2. The van der Waals surface area contributed by atoms with E-state index in [1.807, 2.05) is 36.0 Å². The van der Waals surface area contributed by atoms with Crippen LogP contribution in [0.5, 0.6) is 5.75 Å². The maximum absolute atomic E-state index is 12.2. The fourth-order valence-electron chi connectivity index (χ4n) is 3.29. The number of ether oxygens (including phenoxy) is 1. The number of hydrogen-bond donors (Lipinski definition) is 1. The molecule has 0 radical (unpaired) electrons. The van der Waals surface area contributed by atoms with Crippen LogP contribution in [0.3, 0.4) is 0 Å². The van der Waals surface area contributed by atoms with E-state index in [4.69, 9.17) is 4.74 Å². The zero-order valence-electron chi connectivity index (χ0n) is 14.6. The molecule has 1 aliphatic rings. The number of aryl methyl sites for hydroxylation is 1. The Hall–Kier alpha value is -2.30. The molecular formula is C19H25N3O2. The van der Waals surface area contributed by atoms with Crippen molar-refractivity contribution >= 4 is 5.91 Å². The van der Waals surface area contributed by atoms with Crippen LogP contribution in [0.4, 0.5) is 0 Å². The number of amides is 1. The predicted molar refractivity (Wildman–Crippen MR) is 93.1 cm³/mol. The smallest absolute Gasteiger partial charge is 0.224 e. The molecule has 5 nitrogen and oxygen atoms in total. The number of hydrogen-bond acceptors (Lipinski definition) is 3. The Morgan fingerprint density at radius 1 is 1.42 bits per heavy atom. The van der Waals surface area contributed by atoms with E-state index in [-0.39, 0.29) is 17.4 Å². The summed E-state index contributed by atoms with van der Waals surface area (Å²) >= 11 is 0. The summed E-state index contributed by atoms with van der Waals surface area (Å²) in [6.45, 7) is 7.66. The number of benzene rings is 1. The molecule has 24 heavy (non-hydrogen) atoms.